The van der Waals surface area contributed by atoms with Gasteiger partial charge in [-0.15, -0.1) is 0 Å². The topological polar surface area (TPSA) is 9.23 Å². The van der Waals surface area contributed by atoms with E-state index in [0.29, 0.717) is 0 Å². The van der Waals surface area contributed by atoms with Crippen molar-refractivity contribution in [2.45, 2.75) is 91.1 Å². The molecule has 2 aromatic carbocycles. The minimum absolute atomic E-state index is 0.722. The minimum Gasteiger partial charge on any atom is -0.377 e. The van der Waals surface area contributed by atoms with Gasteiger partial charge >= 0.3 is 0 Å². The predicted molar refractivity (Wildman–Crippen MR) is 139 cm³/mol. The van der Waals surface area contributed by atoms with Crippen LogP contribution < -0.4 is 0 Å². The Hall–Kier alpha value is -1.86. The lowest BCUT2D eigenvalue weighted by atomic mass is 9.79. The molecule has 1 aliphatic carbocycles. The molecule has 0 radical (unpaired) electrons. The van der Waals surface area contributed by atoms with Crippen LogP contribution in [0, 0.1) is 11.8 Å². The number of rotatable bonds is 13. The number of hydrogen-bond donors (Lipinski definition) is 0. The second-order valence-corrected chi connectivity index (χ2v) is 9.71. The van der Waals surface area contributed by atoms with Crippen LogP contribution in [0.5, 0.6) is 0 Å². The fourth-order valence-corrected chi connectivity index (χ4v) is 5.01. The maximum atomic E-state index is 5.78. The molecule has 1 saturated carbocycles. The van der Waals surface area contributed by atoms with Crippen LogP contribution in [0.4, 0.5) is 0 Å². The van der Waals surface area contributed by atoms with E-state index in [2.05, 4.69) is 74.5 Å². The number of ether oxygens (including phenoxy) is 1. The Morgan fingerprint density at radius 2 is 1.44 bits per heavy atom. The van der Waals surface area contributed by atoms with Gasteiger partial charge in [-0.05, 0) is 86.0 Å². The zero-order chi connectivity index (χ0) is 22.4. The van der Waals surface area contributed by atoms with Gasteiger partial charge in [-0.3, -0.25) is 0 Å². The first-order valence-electron chi connectivity index (χ1n) is 13.2. The fraction of sp³-hybridized carbons (Fsp3) is 0.548. The molecular formula is C31H44O. The van der Waals surface area contributed by atoms with Crippen molar-refractivity contribution in [3.05, 3.63) is 71.8 Å². The highest BCUT2D eigenvalue weighted by Gasteiger charge is 2.18. The van der Waals surface area contributed by atoms with Gasteiger partial charge in [0.2, 0.25) is 0 Å². The zero-order valence-electron chi connectivity index (χ0n) is 20.5. The Balaban J connectivity index is 1.35. The average Bonchev–Trinajstić information content (AvgIpc) is 2.84. The van der Waals surface area contributed by atoms with E-state index in [4.69, 9.17) is 4.74 Å². The van der Waals surface area contributed by atoms with E-state index in [1.807, 2.05) is 0 Å². The standard InChI is InChI=1S/C31H44O/c1-3-5-8-24-32-25-29-18-22-31(23-19-29)30-20-16-28(17-21-30)11-7-6-10-27-14-12-26(9-4-2)13-15-27/h4,9,16-23,26-27H,3,5-8,10-15,24-25H2,1-2H3/b9-4-. The van der Waals surface area contributed by atoms with Gasteiger partial charge in [-0.1, -0.05) is 93.3 Å². The van der Waals surface area contributed by atoms with Crippen molar-refractivity contribution in [1.29, 1.82) is 0 Å². The van der Waals surface area contributed by atoms with Gasteiger partial charge in [-0.25, -0.2) is 0 Å². The number of aryl methyl sites for hydroxylation is 1. The van der Waals surface area contributed by atoms with E-state index < -0.39 is 0 Å². The fourth-order valence-electron chi connectivity index (χ4n) is 5.01. The largest absolute Gasteiger partial charge is 0.377 e. The van der Waals surface area contributed by atoms with E-state index in [-0.39, 0.29) is 0 Å². The van der Waals surface area contributed by atoms with Gasteiger partial charge in [0.15, 0.2) is 0 Å². The third-order valence-corrected chi connectivity index (χ3v) is 7.09. The van der Waals surface area contributed by atoms with Gasteiger partial charge in [0.1, 0.15) is 0 Å². The van der Waals surface area contributed by atoms with Crippen molar-refractivity contribution >= 4 is 0 Å². The Morgan fingerprint density at radius 3 is 2.06 bits per heavy atom. The van der Waals surface area contributed by atoms with Gasteiger partial charge in [-0.2, -0.15) is 0 Å². The molecule has 0 N–H and O–H groups in total. The van der Waals surface area contributed by atoms with E-state index in [9.17, 15) is 0 Å². The van der Waals surface area contributed by atoms with Crippen molar-refractivity contribution in [3.8, 4) is 11.1 Å². The molecule has 0 bridgehead atoms. The minimum atomic E-state index is 0.722. The summed E-state index contributed by atoms with van der Waals surface area (Å²) in [5, 5.41) is 0. The van der Waals surface area contributed by atoms with Crippen molar-refractivity contribution in [1.82, 2.24) is 0 Å². The van der Waals surface area contributed by atoms with Crippen LogP contribution in [0.3, 0.4) is 0 Å². The molecular weight excluding hydrogens is 388 g/mol. The lowest BCUT2D eigenvalue weighted by molar-refractivity contribution is 0.117. The molecule has 0 heterocycles. The first kappa shape index (κ1) is 24.8. The molecule has 0 aromatic heterocycles. The quantitative estimate of drug-likeness (QED) is 0.226. The molecule has 1 aliphatic rings. The molecule has 0 spiro atoms. The number of hydrogen-bond acceptors (Lipinski definition) is 1. The molecule has 0 saturated heterocycles. The first-order chi connectivity index (χ1) is 15.8. The van der Waals surface area contributed by atoms with Crippen molar-refractivity contribution in [3.63, 3.8) is 0 Å². The first-order valence-corrected chi connectivity index (χ1v) is 13.2. The monoisotopic (exact) mass is 432 g/mol. The van der Waals surface area contributed by atoms with Crippen LogP contribution in [-0.4, -0.2) is 6.61 Å². The van der Waals surface area contributed by atoms with E-state index in [1.54, 1.807) is 0 Å². The van der Waals surface area contributed by atoms with Crippen LogP contribution in [0.1, 0.15) is 89.2 Å². The van der Waals surface area contributed by atoms with Gasteiger partial charge in [0.25, 0.3) is 0 Å². The third kappa shape index (κ3) is 8.58. The normalized spacial score (nSPS) is 18.9. The maximum Gasteiger partial charge on any atom is 0.0716 e. The second kappa shape index (κ2) is 14.3. The van der Waals surface area contributed by atoms with Gasteiger partial charge in [0, 0.05) is 6.61 Å². The molecule has 0 amide bonds. The summed E-state index contributed by atoms with van der Waals surface area (Å²) in [5.74, 6) is 1.83. The van der Waals surface area contributed by atoms with Crippen molar-refractivity contribution < 1.29 is 4.74 Å². The van der Waals surface area contributed by atoms with Crippen LogP contribution in [-0.2, 0) is 17.8 Å². The SMILES string of the molecule is C/C=C\C1CCC(CCCCc2ccc(-c3ccc(COCCCCC)cc3)cc2)CC1. The third-order valence-electron chi connectivity index (χ3n) is 7.09. The Morgan fingerprint density at radius 1 is 0.781 bits per heavy atom. The molecule has 0 atom stereocenters. The Bertz CT molecular complexity index is 763. The molecule has 1 fully saturated rings. The van der Waals surface area contributed by atoms with E-state index >= 15 is 0 Å². The van der Waals surface area contributed by atoms with Crippen LogP contribution in [0.2, 0.25) is 0 Å². The highest BCUT2D eigenvalue weighted by Crippen LogP contribution is 2.32. The average molecular weight is 433 g/mol. The Labute approximate surface area is 197 Å². The number of unbranched alkanes of at least 4 members (excludes halogenated alkanes) is 3. The highest BCUT2D eigenvalue weighted by atomic mass is 16.5. The summed E-state index contributed by atoms with van der Waals surface area (Å²) in [6.07, 6.45) is 19.3. The molecule has 0 aliphatic heterocycles. The molecule has 2 aromatic rings. The van der Waals surface area contributed by atoms with Crippen molar-refractivity contribution in [2.75, 3.05) is 6.61 Å². The van der Waals surface area contributed by atoms with Gasteiger partial charge < -0.3 is 4.74 Å². The smallest absolute Gasteiger partial charge is 0.0716 e. The Kier molecular flexibility index (Phi) is 11.1. The molecule has 1 heteroatoms. The van der Waals surface area contributed by atoms with Crippen LogP contribution in [0.15, 0.2) is 60.7 Å². The van der Waals surface area contributed by atoms with Crippen LogP contribution in [0.25, 0.3) is 11.1 Å². The predicted octanol–water partition coefficient (Wildman–Crippen LogP) is 9.16. The lowest BCUT2D eigenvalue weighted by Gasteiger charge is -2.26. The molecule has 1 nitrogen and oxygen atoms in total. The zero-order valence-corrected chi connectivity index (χ0v) is 20.5. The summed E-state index contributed by atoms with van der Waals surface area (Å²) in [6, 6.07) is 18.1. The van der Waals surface area contributed by atoms with E-state index in [1.165, 1.54) is 92.9 Å². The summed E-state index contributed by atoms with van der Waals surface area (Å²) >= 11 is 0. The van der Waals surface area contributed by atoms with Crippen molar-refractivity contribution in [2.24, 2.45) is 11.8 Å². The van der Waals surface area contributed by atoms with Gasteiger partial charge in [0.05, 0.1) is 6.61 Å². The van der Waals surface area contributed by atoms with Crippen LogP contribution >= 0.6 is 0 Å². The summed E-state index contributed by atoms with van der Waals surface area (Å²) < 4.78 is 5.78. The molecule has 174 valence electrons. The number of allylic oxidation sites excluding steroid dienone is 2. The lowest BCUT2D eigenvalue weighted by Crippen LogP contribution is -2.13. The maximum absolute atomic E-state index is 5.78. The molecule has 3 rings (SSSR count). The summed E-state index contributed by atoms with van der Waals surface area (Å²) in [5.41, 5.74) is 5.33. The highest BCUT2D eigenvalue weighted by molar-refractivity contribution is 5.63. The summed E-state index contributed by atoms with van der Waals surface area (Å²) in [4.78, 5) is 0. The van der Waals surface area contributed by atoms with E-state index in [0.717, 1.165) is 25.0 Å². The second-order valence-electron chi connectivity index (χ2n) is 9.71. The number of benzene rings is 2. The summed E-state index contributed by atoms with van der Waals surface area (Å²) in [6.45, 7) is 5.97. The summed E-state index contributed by atoms with van der Waals surface area (Å²) in [7, 11) is 0. The molecule has 0 unspecified atom stereocenters. The molecule has 32 heavy (non-hydrogen) atoms.